The molecule has 0 radical (unpaired) electrons. The van der Waals surface area contributed by atoms with Crippen LogP contribution >= 0.6 is 11.6 Å². The Hall–Kier alpha value is -4.39. The number of hydrogen-bond donors (Lipinski definition) is 1. The van der Waals surface area contributed by atoms with Gasteiger partial charge >= 0.3 is 23.7 Å². The van der Waals surface area contributed by atoms with Gasteiger partial charge in [-0.05, 0) is 24.3 Å². The van der Waals surface area contributed by atoms with E-state index in [0.29, 0.717) is 0 Å². The van der Waals surface area contributed by atoms with E-state index in [1.54, 1.807) is 0 Å². The van der Waals surface area contributed by atoms with Crippen molar-refractivity contribution in [2.24, 2.45) is 0 Å². The maximum Gasteiger partial charge on any atom is 0.373 e. The van der Waals surface area contributed by atoms with Crippen LogP contribution in [0.2, 0.25) is 5.02 Å². The van der Waals surface area contributed by atoms with Gasteiger partial charge in [-0.2, -0.15) is 0 Å². The van der Waals surface area contributed by atoms with Gasteiger partial charge in [-0.15, -0.1) is 0 Å². The third-order valence-electron chi connectivity index (χ3n) is 4.45. The summed E-state index contributed by atoms with van der Waals surface area (Å²) in [5.41, 5.74) is -0.855. The summed E-state index contributed by atoms with van der Waals surface area (Å²) in [6, 6.07) is 4.18. The summed E-state index contributed by atoms with van der Waals surface area (Å²) in [6.45, 7) is -0.955. The lowest BCUT2D eigenvalue weighted by Gasteiger charge is -2.10. The van der Waals surface area contributed by atoms with Crippen molar-refractivity contribution < 1.29 is 42.7 Å². The Kier molecular flexibility index (Phi) is 7.16. The number of urea groups is 1. The van der Waals surface area contributed by atoms with Crippen LogP contribution in [-0.4, -0.2) is 54.5 Å². The standard InChI is InChI=1S/C20H16ClN3O10/c1-31-16(25)9-33-17-10(5-11(21)7-14(17)24(29)30)6-13-18(26)23(20(28)22-13)8-12-3-4-15(34-12)19(27)32-2/h3-7H,8-9H2,1-2H3,(H,22,28). The number of carbonyl (C=O) groups excluding carboxylic acids is 4. The summed E-state index contributed by atoms with van der Waals surface area (Å²) >= 11 is 5.97. The molecule has 0 atom stereocenters. The number of esters is 2. The zero-order valence-corrected chi connectivity index (χ0v) is 18.4. The molecular weight excluding hydrogens is 478 g/mol. The van der Waals surface area contributed by atoms with E-state index < -0.39 is 41.1 Å². The van der Waals surface area contributed by atoms with E-state index in [4.69, 9.17) is 20.8 Å². The van der Waals surface area contributed by atoms with E-state index in [-0.39, 0.29) is 40.1 Å². The Bertz CT molecular complexity index is 1220. The number of furan rings is 1. The number of halogens is 1. The number of carbonyl (C=O) groups is 4. The van der Waals surface area contributed by atoms with Gasteiger partial charge in [0.05, 0.1) is 25.7 Å². The van der Waals surface area contributed by atoms with Crippen molar-refractivity contribution in [3.8, 4) is 5.75 Å². The molecule has 13 nitrogen and oxygen atoms in total. The number of amides is 3. The number of nitrogens with one attached hydrogen (secondary N) is 1. The monoisotopic (exact) mass is 493 g/mol. The summed E-state index contributed by atoms with van der Waals surface area (Å²) in [4.78, 5) is 59.6. The zero-order chi connectivity index (χ0) is 25.0. The summed E-state index contributed by atoms with van der Waals surface area (Å²) < 4.78 is 19.5. The van der Waals surface area contributed by atoms with E-state index in [9.17, 15) is 29.3 Å². The fourth-order valence-electron chi connectivity index (χ4n) is 2.89. The molecule has 14 heteroatoms. The molecule has 3 amide bonds. The summed E-state index contributed by atoms with van der Waals surface area (Å²) in [5, 5.41) is 13.8. The molecule has 0 unspecified atom stereocenters. The number of hydrogen-bond acceptors (Lipinski definition) is 10. The molecule has 2 heterocycles. The topological polar surface area (TPSA) is 168 Å². The predicted molar refractivity (Wildman–Crippen MR) is 113 cm³/mol. The van der Waals surface area contributed by atoms with Crippen molar-refractivity contribution in [3.63, 3.8) is 0 Å². The summed E-state index contributed by atoms with van der Waals surface area (Å²) in [5.74, 6) is -2.66. The lowest BCUT2D eigenvalue weighted by Crippen LogP contribution is -2.30. The molecule has 1 aromatic heterocycles. The van der Waals surface area contributed by atoms with Crippen molar-refractivity contribution in [1.82, 2.24) is 10.2 Å². The number of nitrogens with zero attached hydrogens (tertiary/aromatic N) is 2. The molecular formula is C20H16ClN3O10. The summed E-state index contributed by atoms with van der Waals surface area (Å²) in [6.07, 6.45) is 1.12. The molecule has 1 aromatic carbocycles. The Morgan fingerprint density at radius 3 is 2.62 bits per heavy atom. The Morgan fingerprint density at radius 2 is 1.97 bits per heavy atom. The summed E-state index contributed by atoms with van der Waals surface area (Å²) in [7, 11) is 2.28. The highest BCUT2D eigenvalue weighted by atomic mass is 35.5. The molecule has 1 saturated heterocycles. The van der Waals surface area contributed by atoms with Crippen LogP contribution in [0.5, 0.6) is 5.75 Å². The van der Waals surface area contributed by atoms with E-state index in [2.05, 4.69) is 14.8 Å². The Balaban J connectivity index is 1.91. The van der Waals surface area contributed by atoms with Gasteiger partial charge in [-0.1, -0.05) is 11.6 Å². The maximum atomic E-state index is 12.8. The van der Waals surface area contributed by atoms with Crippen molar-refractivity contribution >= 4 is 47.2 Å². The first-order chi connectivity index (χ1) is 16.1. The van der Waals surface area contributed by atoms with Crippen LogP contribution in [-0.2, 0) is 25.6 Å². The first-order valence-electron chi connectivity index (χ1n) is 9.33. The molecule has 0 bridgehead atoms. The number of methoxy groups -OCH3 is 2. The average molecular weight is 494 g/mol. The van der Waals surface area contributed by atoms with Gasteiger partial charge in [0, 0.05) is 16.7 Å². The van der Waals surface area contributed by atoms with Gasteiger partial charge in [0.25, 0.3) is 5.91 Å². The van der Waals surface area contributed by atoms with Crippen LogP contribution in [0.15, 0.2) is 34.4 Å². The van der Waals surface area contributed by atoms with Gasteiger partial charge in [0.1, 0.15) is 11.5 Å². The Morgan fingerprint density at radius 1 is 1.24 bits per heavy atom. The second-order valence-electron chi connectivity index (χ2n) is 6.60. The van der Waals surface area contributed by atoms with Crippen molar-refractivity contribution in [2.75, 3.05) is 20.8 Å². The van der Waals surface area contributed by atoms with E-state index in [0.717, 1.165) is 24.2 Å². The first kappa shape index (κ1) is 24.3. The normalized spacial score (nSPS) is 14.2. The van der Waals surface area contributed by atoms with Crippen LogP contribution in [0.3, 0.4) is 0 Å². The SMILES string of the molecule is COC(=O)COc1c(C=C2NC(=O)N(Cc3ccc(C(=O)OC)o3)C2=O)cc(Cl)cc1[N+](=O)[O-]. The molecule has 1 aliphatic rings. The molecule has 0 spiro atoms. The number of ether oxygens (including phenoxy) is 3. The number of imide groups is 1. The first-order valence-corrected chi connectivity index (χ1v) is 9.71. The van der Waals surface area contributed by atoms with Gasteiger partial charge in [0.15, 0.2) is 6.61 Å². The highest BCUT2D eigenvalue weighted by Gasteiger charge is 2.35. The number of rotatable bonds is 8. The lowest BCUT2D eigenvalue weighted by molar-refractivity contribution is -0.385. The van der Waals surface area contributed by atoms with E-state index >= 15 is 0 Å². The number of benzene rings is 1. The quantitative estimate of drug-likeness (QED) is 0.189. The van der Waals surface area contributed by atoms with Crippen LogP contribution in [0.1, 0.15) is 21.9 Å². The zero-order valence-electron chi connectivity index (χ0n) is 17.7. The minimum Gasteiger partial charge on any atom is -0.474 e. The molecule has 0 aliphatic carbocycles. The molecule has 0 saturated carbocycles. The predicted octanol–water partition coefficient (Wildman–Crippen LogP) is 2.27. The highest BCUT2D eigenvalue weighted by molar-refractivity contribution is 6.31. The number of nitro groups is 1. The second-order valence-corrected chi connectivity index (χ2v) is 7.04. The third-order valence-corrected chi connectivity index (χ3v) is 4.66. The molecule has 3 rings (SSSR count). The van der Waals surface area contributed by atoms with E-state index in [1.165, 1.54) is 25.3 Å². The molecule has 1 aliphatic heterocycles. The minimum absolute atomic E-state index is 0.0421. The van der Waals surface area contributed by atoms with E-state index in [1.807, 2.05) is 0 Å². The van der Waals surface area contributed by atoms with Crippen molar-refractivity contribution in [1.29, 1.82) is 0 Å². The lowest BCUT2D eigenvalue weighted by atomic mass is 10.1. The molecule has 178 valence electrons. The molecule has 34 heavy (non-hydrogen) atoms. The number of nitro benzene ring substituents is 1. The molecule has 2 aromatic rings. The molecule has 1 N–H and O–H groups in total. The van der Waals surface area contributed by atoms with Gasteiger partial charge in [-0.25, -0.2) is 14.4 Å². The van der Waals surface area contributed by atoms with Crippen LogP contribution in [0, 0.1) is 10.1 Å². The molecule has 1 fully saturated rings. The average Bonchev–Trinajstić information content (AvgIpc) is 3.37. The minimum atomic E-state index is -0.805. The van der Waals surface area contributed by atoms with Gasteiger partial charge in [0.2, 0.25) is 11.5 Å². The fourth-order valence-corrected chi connectivity index (χ4v) is 3.11. The largest absolute Gasteiger partial charge is 0.474 e. The van der Waals surface area contributed by atoms with Crippen molar-refractivity contribution in [2.45, 2.75) is 6.54 Å². The van der Waals surface area contributed by atoms with Crippen LogP contribution in [0.4, 0.5) is 10.5 Å². The third kappa shape index (κ3) is 5.15. The Labute approximate surface area is 195 Å². The second kappa shape index (κ2) is 10.0. The van der Waals surface area contributed by atoms with Gasteiger partial charge in [-0.3, -0.25) is 19.8 Å². The maximum absolute atomic E-state index is 12.8. The van der Waals surface area contributed by atoms with Gasteiger partial charge < -0.3 is 23.9 Å². The highest BCUT2D eigenvalue weighted by Crippen LogP contribution is 2.36. The van der Waals surface area contributed by atoms with Crippen LogP contribution in [0.25, 0.3) is 6.08 Å². The fraction of sp³-hybridized carbons (Fsp3) is 0.200. The van der Waals surface area contributed by atoms with Crippen LogP contribution < -0.4 is 10.1 Å². The smallest absolute Gasteiger partial charge is 0.373 e. The van der Waals surface area contributed by atoms with Crippen molar-refractivity contribution in [3.05, 3.63) is 62.2 Å².